The number of benzene rings is 1. The molecule has 1 N–H and O–H groups in total. The van der Waals surface area contributed by atoms with Gasteiger partial charge in [-0.1, -0.05) is 0 Å². The van der Waals surface area contributed by atoms with Crippen LogP contribution in [0.1, 0.15) is 12.8 Å². The second kappa shape index (κ2) is 8.19. The van der Waals surface area contributed by atoms with Crippen molar-refractivity contribution in [1.29, 1.82) is 0 Å². The van der Waals surface area contributed by atoms with E-state index in [4.69, 9.17) is 9.47 Å². The van der Waals surface area contributed by atoms with Crippen LogP contribution < -0.4 is 20.3 Å². The van der Waals surface area contributed by atoms with E-state index in [9.17, 15) is 9.59 Å². The van der Waals surface area contributed by atoms with E-state index in [1.165, 1.54) is 25.1 Å². The third kappa shape index (κ3) is 3.66. The molecule has 1 aromatic carbocycles. The molecule has 0 radical (unpaired) electrons. The van der Waals surface area contributed by atoms with E-state index in [2.05, 4.69) is 20.4 Å². The molecule has 0 saturated carbocycles. The van der Waals surface area contributed by atoms with E-state index in [1.807, 2.05) is 0 Å². The van der Waals surface area contributed by atoms with Gasteiger partial charge in [0, 0.05) is 31.3 Å². The summed E-state index contributed by atoms with van der Waals surface area (Å²) in [6.07, 6.45) is 5.41. The third-order valence-corrected chi connectivity index (χ3v) is 4.69. The van der Waals surface area contributed by atoms with Gasteiger partial charge in [-0.3, -0.25) is 14.2 Å². The monoisotopic (exact) mass is 408 g/mol. The summed E-state index contributed by atoms with van der Waals surface area (Å²) in [6.45, 7) is 0.358. The van der Waals surface area contributed by atoms with Gasteiger partial charge in [0.2, 0.25) is 5.91 Å². The molecule has 1 amide bonds. The van der Waals surface area contributed by atoms with E-state index in [0.717, 1.165) is 0 Å². The molecule has 0 fully saturated rings. The molecule has 30 heavy (non-hydrogen) atoms. The average Bonchev–Trinajstić information content (AvgIpc) is 3.24. The Kier molecular flexibility index (Phi) is 5.29. The second-order valence-corrected chi connectivity index (χ2v) is 6.55. The molecule has 0 atom stereocenters. The van der Waals surface area contributed by atoms with E-state index < -0.39 is 0 Å². The summed E-state index contributed by atoms with van der Waals surface area (Å²) < 4.78 is 13.6. The minimum absolute atomic E-state index is 0.175. The molecular weight excluding hydrogens is 388 g/mol. The van der Waals surface area contributed by atoms with Gasteiger partial charge in [-0.25, -0.2) is 9.97 Å². The highest BCUT2D eigenvalue weighted by Crippen LogP contribution is 2.29. The van der Waals surface area contributed by atoms with Gasteiger partial charge in [-0.05, 0) is 18.6 Å². The molecular formula is C20H20N6O4. The molecule has 0 saturated heterocycles. The first-order valence-electron chi connectivity index (χ1n) is 9.30. The largest absolute Gasteiger partial charge is 0.493 e. The normalized spacial score (nSPS) is 11.0. The Morgan fingerprint density at radius 1 is 1.10 bits per heavy atom. The van der Waals surface area contributed by atoms with Gasteiger partial charge < -0.3 is 14.8 Å². The Morgan fingerprint density at radius 3 is 2.70 bits per heavy atom. The van der Waals surface area contributed by atoms with Crippen LogP contribution in [0.3, 0.4) is 0 Å². The van der Waals surface area contributed by atoms with E-state index in [-0.39, 0.29) is 17.9 Å². The Hall–Kier alpha value is -3.95. The highest BCUT2D eigenvalue weighted by Gasteiger charge is 2.12. The number of methoxy groups -OCH3 is 2. The molecule has 0 aliphatic rings. The molecule has 154 valence electrons. The fourth-order valence-electron chi connectivity index (χ4n) is 3.19. The Bertz CT molecular complexity index is 1280. The van der Waals surface area contributed by atoms with Crippen LogP contribution in [-0.4, -0.2) is 44.3 Å². The number of hydrogen-bond donors (Lipinski definition) is 1. The van der Waals surface area contributed by atoms with Crippen LogP contribution >= 0.6 is 0 Å². The van der Waals surface area contributed by atoms with Crippen molar-refractivity contribution in [2.24, 2.45) is 0 Å². The number of carbonyl (C=O) groups excluding carboxylic acids is 1. The van der Waals surface area contributed by atoms with Crippen LogP contribution in [0, 0.1) is 0 Å². The van der Waals surface area contributed by atoms with Gasteiger partial charge in [0.05, 0.1) is 37.6 Å². The number of aromatic nitrogens is 5. The van der Waals surface area contributed by atoms with Gasteiger partial charge in [0.25, 0.3) is 5.56 Å². The van der Waals surface area contributed by atoms with Crippen molar-refractivity contribution >= 4 is 28.3 Å². The first kappa shape index (κ1) is 19.4. The molecule has 0 unspecified atom stereocenters. The molecule has 0 spiro atoms. The number of amides is 1. The Labute approximate surface area is 171 Å². The van der Waals surface area contributed by atoms with Gasteiger partial charge in [-0.2, -0.15) is 9.61 Å². The number of rotatable bonds is 7. The van der Waals surface area contributed by atoms with Crippen LogP contribution in [0.2, 0.25) is 0 Å². The topological polar surface area (TPSA) is 113 Å². The van der Waals surface area contributed by atoms with Crippen molar-refractivity contribution in [2.45, 2.75) is 19.4 Å². The van der Waals surface area contributed by atoms with Crippen LogP contribution in [0.4, 0.5) is 5.82 Å². The maximum absolute atomic E-state index is 12.8. The summed E-state index contributed by atoms with van der Waals surface area (Å²) in [5.41, 5.74) is 0.968. The fraction of sp³-hybridized carbons (Fsp3) is 0.250. The quantitative estimate of drug-likeness (QED) is 0.497. The number of nitrogens with zero attached hydrogens (tertiary/aromatic N) is 5. The summed E-state index contributed by atoms with van der Waals surface area (Å²) >= 11 is 0. The summed E-state index contributed by atoms with van der Waals surface area (Å²) in [5, 5.41) is 7.38. The molecule has 4 aromatic rings. The fourth-order valence-corrected chi connectivity index (χ4v) is 3.19. The van der Waals surface area contributed by atoms with Crippen molar-refractivity contribution in [3.8, 4) is 11.5 Å². The second-order valence-electron chi connectivity index (χ2n) is 6.55. The van der Waals surface area contributed by atoms with Crippen molar-refractivity contribution in [2.75, 3.05) is 19.5 Å². The van der Waals surface area contributed by atoms with Crippen LogP contribution in [-0.2, 0) is 11.3 Å². The first-order valence-corrected chi connectivity index (χ1v) is 9.30. The zero-order chi connectivity index (χ0) is 21.1. The van der Waals surface area contributed by atoms with Gasteiger partial charge in [-0.15, -0.1) is 0 Å². The SMILES string of the molecule is COc1cc2ncn(CCCC(=O)Nc3ccnc4ccnn34)c(=O)c2cc1OC. The molecule has 3 heterocycles. The van der Waals surface area contributed by atoms with E-state index >= 15 is 0 Å². The van der Waals surface area contributed by atoms with E-state index in [0.29, 0.717) is 46.8 Å². The number of aryl methyl sites for hydroxylation is 1. The molecule has 3 aromatic heterocycles. The highest BCUT2D eigenvalue weighted by atomic mass is 16.5. The molecule has 10 nitrogen and oxygen atoms in total. The van der Waals surface area contributed by atoms with Crippen molar-refractivity contribution in [3.05, 3.63) is 53.3 Å². The predicted molar refractivity (Wildman–Crippen MR) is 110 cm³/mol. The first-order chi connectivity index (χ1) is 14.6. The number of nitrogens with one attached hydrogen (secondary N) is 1. The van der Waals surface area contributed by atoms with E-state index in [1.54, 1.807) is 41.2 Å². The minimum Gasteiger partial charge on any atom is -0.493 e. The number of fused-ring (bicyclic) bond motifs is 2. The molecule has 10 heteroatoms. The molecule has 0 bridgehead atoms. The third-order valence-electron chi connectivity index (χ3n) is 4.69. The molecule has 4 rings (SSSR count). The maximum Gasteiger partial charge on any atom is 0.261 e. The lowest BCUT2D eigenvalue weighted by Gasteiger charge is -2.11. The number of anilines is 1. The lowest BCUT2D eigenvalue weighted by molar-refractivity contribution is -0.116. The Balaban J connectivity index is 1.44. The summed E-state index contributed by atoms with van der Waals surface area (Å²) in [7, 11) is 3.04. The molecule has 0 aliphatic heterocycles. The van der Waals surface area contributed by atoms with Gasteiger partial charge in [0.15, 0.2) is 17.1 Å². The zero-order valence-corrected chi connectivity index (χ0v) is 16.5. The van der Waals surface area contributed by atoms with Crippen molar-refractivity contribution < 1.29 is 14.3 Å². The zero-order valence-electron chi connectivity index (χ0n) is 16.5. The van der Waals surface area contributed by atoms with Crippen molar-refractivity contribution in [1.82, 2.24) is 24.1 Å². The summed E-state index contributed by atoms with van der Waals surface area (Å²) in [6, 6.07) is 6.71. The highest BCUT2D eigenvalue weighted by molar-refractivity contribution is 5.90. The number of carbonyl (C=O) groups is 1. The predicted octanol–water partition coefficient (Wildman–Crippen LogP) is 1.88. The smallest absolute Gasteiger partial charge is 0.261 e. The van der Waals surface area contributed by atoms with Crippen molar-refractivity contribution in [3.63, 3.8) is 0 Å². The maximum atomic E-state index is 12.8. The van der Waals surface area contributed by atoms with Gasteiger partial charge in [0.1, 0.15) is 5.82 Å². The van der Waals surface area contributed by atoms with Crippen LogP contribution in [0.5, 0.6) is 11.5 Å². The standard InChI is InChI=1S/C20H20N6O4/c1-29-15-10-13-14(11-16(15)30-2)22-12-25(20(13)28)9-3-4-19(27)24-18-5-7-21-17-6-8-23-26(17)18/h5-8,10-12H,3-4,9H2,1-2H3,(H,24,27). The molecule has 0 aliphatic carbocycles. The summed E-state index contributed by atoms with van der Waals surface area (Å²) in [4.78, 5) is 33.6. The van der Waals surface area contributed by atoms with Crippen LogP contribution in [0.25, 0.3) is 16.6 Å². The average molecular weight is 408 g/mol. The van der Waals surface area contributed by atoms with Gasteiger partial charge >= 0.3 is 0 Å². The summed E-state index contributed by atoms with van der Waals surface area (Å²) in [5.74, 6) is 1.34. The lowest BCUT2D eigenvalue weighted by Crippen LogP contribution is -2.22. The minimum atomic E-state index is -0.200. The Morgan fingerprint density at radius 2 is 1.90 bits per heavy atom. The number of ether oxygens (including phenoxy) is 2. The number of hydrogen-bond acceptors (Lipinski definition) is 7. The van der Waals surface area contributed by atoms with Crippen LogP contribution in [0.15, 0.2) is 47.8 Å². The lowest BCUT2D eigenvalue weighted by atomic mass is 10.2.